The molecule has 0 aliphatic heterocycles. The van der Waals surface area contributed by atoms with Crippen LogP contribution in [0.5, 0.6) is 0 Å². The van der Waals surface area contributed by atoms with Gasteiger partial charge < -0.3 is 4.74 Å². The quantitative estimate of drug-likeness (QED) is 0.443. The van der Waals surface area contributed by atoms with Crippen LogP contribution in [0.1, 0.15) is 49.2 Å². The number of rotatable bonds is 4. The van der Waals surface area contributed by atoms with Crippen molar-refractivity contribution in [3.63, 3.8) is 0 Å². The predicted molar refractivity (Wildman–Crippen MR) is 109 cm³/mol. The molecule has 0 aromatic heterocycles. The normalized spacial score (nSPS) is 11.3. The Labute approximate surface area is 163 Å². The monoisotopic (exact) mass is 388 g/mol. The number of carbonyl (C=O) groups is 2. The number of ether oxygens (including phenoxy) is 1. The van der Waals surface area contributed by atoms with Crippen LogP contribution in [0.2, 0.25) is 0 Å². The minimum atomic E-state index is -0.357. The highest BCUT2D eigenvalue weighted by Crippen LogP contribution is 2.40. The number of hydrogen-bond acceptors (Lipinski definition) is 5. The van der Waals surface area contributed by atoms with Crippen molar-refractivity contribution < 1.29 is 14.3 Å². The molecule has 138 valence electrons. The van der Waals surface area contributed by atoms with Crippen LogP contribution in [0.25, 0.3) is 0 Å². The minimum Gasteiger partial charge on any atom is -0.458 e. The van der Waals surface area contributed by atoms with Gasteiger partial charge in [-0.2, -0.15) is 0 Å². The molecule has 0 N–H and O–H groups in total. The SMILES string of the molecule is CCOC(=O)Sc1ccc(C(C)(C)C)c(C)c1SC(=O)c1ccccc1. The lowest BCUT2D eigenvalue weighted by Gasteiger charge is -2.24. The van der Waals surface area contributed by atoms with Crippen LogP contribution < -0.4 is 0 Å². The van der Waals surface area contributed by atoms with E-state index in [2.05, 4.69) is 20.8 Å². The van der Waals surface area contributed by atoms with Gasteiger partial charge in [0.25, 0.3) is 0 Å². The van der Waals surface area contributed by atoms with E-state index in [0.29, 0.717) is 12.2 Å². The van der Waals surface area contributed by atoms with Gasteiger partial charge >= 0.3 is 5.30 Å². The van der Waals surface area contributed by atoms with E-state index < -0.39 is 0 Å². The number of benzene rings is 2. The highest BCUT2D eigenvalue weighted by Gasteiger charge is 2.23. The van der Waals surface area contributed by atoms with Crippen molar-refractivity contribution in [3.05, 3.63) is 59.2 Å². The molecule has 0 saturated carbocycles. The van der Waals surface area contributed by atoms with Gasteiger partial charge in [0, 0.05) is 15.4 Å². The molecule has 0 bridgehead atoms. The Morgan fingerprint density at radius 1 is 1.00 bits per heavy atom. The Kier molecular flexibility index (Phi) is 6.95. The zero-order valence-corrected chi connectivity index (χ0v) is 17.4. The topological polar surface area (TPSA) is 43.4 Å². The van der Waals surface area contributed by atoms with Crippen molar-refractivity contribution >= 4 is 33.9 Å². The van der Waals surface area contributed by atoms with Gasteiger partial charge in [0.2, 0.25) is 5.12 Å². The predicted octanol–water partition coefficient (Wildman–Crippen LogP) is 6.47. The van der Waals surface area contributed by atoms with Crippen LogP contribution in [0, 0.1) is 6.92 Å². The van der Waals surface area contributed by atoms with E-state index in [1.165, 1.54) is 11.8 Å². The summed E-state index contributed by atoms with van der Waals surface area (Å²) in [4.78, 5) is 26.3. The Morgan fingerprint density at radius 2 is 1.65 bits per heavy atom. The summed E-state index contributed by atoms with van der Waals surface area (Å²) in [5.74, 6) is 0. The highest BCUT2D eigenvalue weighted by atomic mass is 32.2. The standard InChI is InChI=1S/C21H24O3S2/c1-6-24-20(23)25-17-13-12-16(21(3,4)5)14(2)18(17)26-19(22)15-10-8-7-9-11-15/h7-13H,6H2,1-5H3. The molecular weight excluding hydrogens is 364 g/mol. The third kappa shape index (κ3) is 5.15. The van der Waals surface area contributed by atoms with Gasteiger partial charge in [-0.3, -0.25) is 4.79 Å². The second-order valence-corrected chi connectivity index (χ2v) is 8.82. The van der Waals surface area contributed by atoms with Crippen LogP contribution in [0.15, 0.2) is 52.3 Å². The lowest BCUT2D eigenvalue weighted by Crippen LogP contribution is -2.14. The molecule has 2 rings (SSSR count). The molecule has 0 aliphatic rings. The summed E-state index contributed by atoms with van der Waals surface area (Å²) in [5.41, 5.74) is 2.78. The number of carbonyl (C=O) groups excluding carboxylic acids is 2. The smallest absolute Gasteiger partial charge is 0.372 e. The molecule has 0 spiro atoms. The Balaban J connectivity index is 2.44. The van der Waals surface area contributed by atoms with E-state index in [1.807, 2.05) is 37.3 Å². The average Bonchev–Trinajstić information content (AvgIpc) is 2.57. The van der Waals surface area contributed by atoms with Crippen LogP contribution in [-0.2, 0) is 10.2 Å². The first-order chi connectivity index (χ1) is 12.2. The third-order valence-corrected chi connectivity index (χ3v) is 5.96. The third-order valence-electron chi connectivity index (χ3n) is 3.84. The van der Waals surface area contributed by atoms with Gasteiger partial charge in [-0.05, 0) is 60.0 Å². The number of hydrogen-bond donors (Lipinski definition) is 0. The summed E-state index contributed by atoms with van der Waals surface area (Å²) < 4.78 is 5.06. The van der Waals surface area contributed by atoms with E-state index in [4.69, 9.17) is 4.74 Å². The molecule has 2 aromatic rings. The minimum absolute atomic E-state index is 0.0366. The highest BCUT2D eigenvalue weighted by molar-refractivity contribution is 8.16. The molecule has 5 heteroatoms. The first-order valence-corrected chi connectivity index (χ1v) is 10.1. The maximum absolute atomic E-state index is 12.7. The zero-order chi connectivity index (χ0) is 19.3. The Morgan fingerprint density at radius 3 is 2.23 bits per heavy atom. The summed E-state index contributed by atoms with van der Waals surface area (Å²) in [7, 11) is 0. The van der Waals surface area contributed by atoms with Crippen LogP contribution >= 0.6 is 23.5 Å². The van der Waals surface area contributed by atoms with E-state index in [-0.39, 0.29) is 15.8 Å². The molecule has 0 saturated heterocycles. The maximum atomic E-state index is 12.7. The fourth-order valence-corrected chi connectivity index (χ4v) is 4.51. The van der Waals surface area contributed by atoms with Crippen molar-refractivity contribution in [2.45, 2.75) is 49.8 Å². The summed E-state index contributed by atoms with van der Waals surface area (Å²) in [6.07, 6.45) is 0. The molecular formula is C21H24O3S2. The molecule has 0 heterocycles. The molecule has 0 atom stereocenters. The molecule has 26 heavy (non-hydrogen) atoms. The molecule has 0 unspecified atom stereocenters. The second-order valence-electron chi connectivity index (χ2n) is 6.86. The van der Waals surface area contributed by atoms with Gasteiger partial charge in [0.05, 0.1) is 6.61 Å². The summed E-state index contributed by atoms with van der Waals surface area (Å²) in [6, 6.07) is 13.1. The zero-order valence-electron chi connectivity index (χ0n) is 15.8. The van der Waals surface area contributed by atoms with Crippen molar-refractivity contribution in [2.24, 2.45) is 0 Å². The Hall–Kier alpha value is -1.72. The van der Waals surface area contributed by atoms with Crippen molar-refractivity contribution in [1.29, 1.82) is 0 Å². The largest absolute Gasteiger partial charge is 0.458 e. The lowest BCUT2D eigenvalue weighted by atomic mass is 9.84. The van der Waals surface area contributed by atoms with Crippen LogP contribution in [0.3, 0.4) is 0 Å². The molecule has 0 aliphatic carbocycles. The first-order valence-electron chi connectivity index (χ1n) is 8.50. The molecule has 0 radical (unpaired) electrons. The fourth-order valence-electron chi connectivity index (χ4n) is 2.65. The van der Waals surface area contributed by atoms with E-state index in [1.54, 1.807) is 19.1 Å². The van der Waals surface area contributed by atoms with E-state index >= 15 is 0 Å². The lowest BCUT2D eigenvalue weighted by molar-refractivity contribution is 0.108. The average molecular weight is 389 g/mol. The molecule has 3 nitrogen and oxygen atoms in total. The van der Waals surface area contributed by atoms with E-state index in [9.17, 15) is 9.59 Å². The second kappa shape index (κ2) is 8.78. The maximum Gasteiger partial charge on any atom is 0.372 e. The molecule has 2 aromatic carbocycles. The summed E-state index contributed by atoms with van der Waals surface area (Å²) in [6.45, 7) is 10.5. The molecule has 0 fully saturated rings. The van der Waals surface area contributed by atoms with Crippen molar-refractivity contribution in [1.82, 2.24) is 0 Å². The van der Waals surface area contributed by atoms with Crippen LogP contribution in [-0.4, -0.2) is 17.0 Å². The summed E-state index contributed by atoms with van der Waals surface area (Å²) in [5, 5.41) is -0.394. The van der Waals surface area contributed by atoms with Gasteiger partial charge in [0.15, 0.2) is 0 Å². The van der Waals surface area contributed by atoms with Gasteiger partial charge in [0.1, 0.15) is 0 Å². The number of thioether (sulfide) groups is 2. The van der Waals surface area contributed by atoms with Crippen molar-refractivity contribution in [2.75, 3.05) is 6.61 Å². The van der Waals surface area contributed by atoms with E-state index in [0.717, 1.165) is 32.7 Å². The first kappa shape index (κ1) is 20.6. The fraction of sp³-hybridized carbons (Fsp3) is 0.333. The van der Waals surface area contributed by atoms with Gasteiger partial charge in [-0.25, -0.2) is 4.79 Å². The van der Waals surface area contributed by atoms with Crippen molar-refractivity contribution in [3.8, 4) is 0 Å². The molecule has 0 amide bonds. The van der Waals surface area contributed by atoms with Gasteiger partial charge in [-0.1, -0.05) is 57.2 Å². The van der Waals surface area contributed by atoms with Gasteiger partial charge in [-0.15, -0.1) is 0 Å². The van der Waals surface area contributed by atoms with Crippen LogP contribution in [0.4, 0.5) is 4.79 Å². The Bertz CT molecular complexity index is 793. The summed E-state index contributed by atoms with van der Waals surface area (Å²) >= 11 is 2.20.